The molecule has 0 atom stereocenters. The van der Waals surface area contributed by atoms with Gasteiger partial charge in [-0.2, -0.15) is 5.10 Å². The van der Waals surface area contributed by atoms with Crippen LogP contribution >= 0.6 is 0 Å². The van der Waals surface area contributed by atoms with Crippen LogP contribution in [-0.2, 0) is 0 Å². The summed E-state index contributed by atoms with van der Waals surface area (Å²) in [7, 11) is 1.65. The molecular weight excluding hydrogens is 212 g/mol. The maximum atomic E-state index is 5.23. The molecule has 0 amide bonds. The molecule has 0 aliphatic heterocycles. The average molecular weight is 226 g/mol. The predicted molar refractivity (Wildman–Crippen MR) is 70.7 cm³/mol. The molecule has 86 valence electrons. The molecule has 1 N–H and O–H groups in total. The van der Waals surface area contributed by atoms with Crippen LogP contribution in [0.4, 0.5) is 5.69 Å². The molecule has 0 bridgehead atoms. The summed E-state index contributed by atoms with van der Waals surface area (Å²) in [5, 5.41) is 4.17. The summed E-state index contributed by atoms with van der Waals surface area (Å²) in [5.74, 6) is 0.811. The Bertz CT molecular complexity index is 495. The van der Waals surface area contributed by atoms with Crippen molar-refractivity contribution in [2.45, 2.75) is 0 Å². The van der Waals surface area contributed by atoms with E-state index in [2.05, 4.69) is 10.5 Å². The molecule has 3 heteroatoms. The molecule has 17 heavy (non-hydrogen) atoms. The monoisotopic (exact) mass is 226 g/mol. The van der Waals surface area contributed by atoms with Gasteiger partial charge in [-0.25, -0.2) is 0 Å². The zero-order valence-electron chi connectivity index (χ0n) is 9.63. The number of methoxy groups -OCH3 is 1. The molecule has 0 aliphatic carbocycles. The van der Waals surface area contributed by atoms with Crippen LogP contribution in [-0.4, -0.2) is 13.3 Å². The fraction of sp³-hybridized carbons (Fsp3) is 0.0714. The van der Waals surface area contributed by atoms with Crippen molar-refractivity contribution in [3.8, 4) is 5.75 Å². The number of nitrogens with one attached hydrogen (secondary N) is 1. The second-order valence-corrected chi connectivity index (χ2v) is 3.48. The van der Waals surface area contributed by atoms with E-state index < -0.39 is 0 Å². The summed E-state index contributed by atoms with van der Waals surface area (Å²) >= 11 is 0. The average Bonchev–Trinajstić information content (AvgIpc) is 2.40. The number of para-hydroxylation sites is 2. The molecule has 0 aliphatic rings. The Morgan fingerprint density at radius 2 is 1.71 bits per heavy atom. The first-order valence-electron chi connectivity index (χ1n) is 5.37. The van der Waals surface area contributed by atoms with Crippen molar-refractivity contribution < 1.29 is 4.74 Å². The van der Waals surface area contributed by atoms with Crippen LogP contribution < -0.4 is 10.2 Å². The molecule has 0 saturated carbocycles. The molecule has 0 saturated heterocycles. The largest absolute Gasteiger partial charge is 0.496 e. The lowest BCUT2D eigenvalue weighted by molar-refractivity contribution is 0.414. The summed E-state index contributed by atoms with van der Waals surface area (Å²) in [6, 6.07) is 17.5. The summed E-state index contributed by atoms with van der Waals surface area (Å²) in [6.07, 6.45) is 1.74. The first-order chi connectivity index (χ1) is 8.40. The van der Waals surface area contributed by atoms with Gasteiger partial charge in [0.05, 0.1) is 19.0 Å². The fourth-order valence-corrected chi connectivity index (χ4v) is 1.46. The van der Waals surface area contributed by atoms with E-state index in [-0.39, 0.29) is 0 Å². The van der Waals surface area contributed by atoms with Crippen molar-refractivity contribution in [2.75, 3.05) is 12.5 Å². The molecule has 3 nitrogen and oxygen atoms in total. The minimum atomic E-state index is 0.811. The molecule has 0 spiro atoms. The van der Waals surface area contributed by atoms with Gasteiger partial charge in [-0.05, 0) is 24.3 Å². The van der Waals surface area contributed by atoms with Gasteiger partial charge < -0.3 is 4.74 Å². The fourth-order valence-electron chi connectivity index (χ4n) is 1.46. The maximum Gasteiger partial charge on any atom is 0.127 e. The summed E-state index contributed by atoms with van der Waals surface area (Å²) in [4.78, 5) is 0. The lowest BCUT2D eigenvalue weighted by Gasteiger charge is -2.03. The number of hydrogen-bond acceptors (Lipinski definition) is 3. The smallest absolute Gasteiger partial charge is 0.127 e. The minimum Gasteiger partial charge on any atom is -0.496 e. The van der Waals surface area contributed by atoms with Crippen molar-refractivity contribution in [3.63, 3.8) is 0 Å². The van der Waals surface area contributed by atoms with Gasteiger partial charge in [-0.15, -0.1) is 0 Å². The number of anilines is 1. The minimum absolute atomic E-state index is 0.811. The number of nitrogens with zero attached hydrogens (tertiary/aromatic N) is 1. The number of hydrazone groups is 1. The van der Waals surface area contributed by atoms with Crippen molar-refractivity contribution in [1.82, 2.24) is 0 Å². The maximum absolute atomic E-state index is 5.23. The SMILES string of the molecule is COc1ccccc1/C=N/Nc1ccccc1. The first-order valence-corrected chi connectivity index (χ1v) is 5.37. The zero-order valence-corrected chi connectivity index (χ0v) is 9.63. The highest BCUT2D eigenvalue weighted by Gasteiger charge is 1.96. The Labute approximate surface area is 101 Å². The standard InChI is InChI=1S/C14H14N2O/c1-17-14-10-6-5-7-12(14)11-15-16-13-8-3-2-4-9-13/h2-11,16H,1H3/b15-11+. The highest BCUT2D eigenvalue weighted by molar-refractivity contribution is 5.83. The molecule has 0 unspecified atom stereocenters. The van der Waals surface area contributed by atoms with Crippen molar-refractivity contribution in [2.24, 2.45) is 5.10 Å². The normalized spacial score (nSPS) is 10.4. The lowest BCUT2D eigenvalue weighted by atomic mass is 10.2. The van der Waals surface area contributed by atoms with Gasteiger partial charge in [0.1, 0.15) is 5.75 Å². The summed E-state index contributed by atoms with van der Waals surface area (Å²) in [5.41, 5.74) is 4.86. The van der Waals surface area contributed by atoms with Gasteiger partial charge >= 0.3 is 0 Å². The third-order valence-electron chi connectivity index (χ3n) is 2.31. The Kier molecular flexibility index (Phi) is 3.76. The van der Waals surface area contributed by atoms with Crippen molar-refractivity contribution in [3.05, 3.63) is 60.2 Å². The highest BCUT2D eigenvalue weighted by Crippen LogP contribution is 2.14. The van der Waals surface area contributed by atoms with E-state index in [1.54, 1.807) is 13.3 Å². The van der Waals surface area contributed by atoms with E-state index in [1.165, 1.54) is 0 Å². The van der Waals surface area contributed by atoms with Gasteiger partial charge in [0, 0.05) is 5.56 Å². The molecule has 0 fully saturated rings. The number of benzene rings is 2. The highest BCUT2D eigenvalue weighted by atomic mass is 16.5. The molecule has 2 aromatic rings. The van der Waals surface area contributed by atoms with Crippen LogP contribution in [0, 0.1) is 0 Å². The Morgan fingerprint density at radius 3 is 2.47 bits per heavy atom. The van der Waals surface area contributed by atoms with Gasteiger partial charge in [0.2, 0.25) is 0 Å². The van der Waals surface area contributed by atoms with E-state index >= 15 is 0 Å². The van der Waals surface area contributed by atoms with Crippen LogP contribution in [0.1, 0.15) is 5.56 Å². The van der Waals surface area contributed by atoms with Gasteiger partial charge in [-0.1, -0.05) is 30.3 Å². The van der Waals surface area contributed by atoms with Crippen LogP contribution in [0.25, 0.3) is 0 Å². The zero-order chi connectivity index (χ0) is 11.9. The molecule has 0 aromatic heterocycles. The summed E-state index contributed by atoms with van der Waals surface area (Å²) in [6.45, 7) is 0. The molecule has 2 rings (SSSR count). The summed E-state index contributed by atoms with van der Waals surface area (Å²) < 4.78 is 5.23. The Balaban J connectivity index is 2.06. The predicted octanol–water partition coefficient (Wildman–Crippen LogP) is 3.14. The lowest BCUT2D eigenvalue weighted by Crippen LogP contribution is -1.93. The van der Waals surface area contributed by atoms with E-state index in [1.807, 2.05) is 54.6 Å². The van der Waals surface area contributed by atoms with Crippen LogP contribution in [0.15, 0.2) is 59.7 Å². The van der Waals surface area contributed by atoms with E-state index in [0.717, 1.165) is 17.0 Å². The molecule has 0 heterocycles. The van der Waals surface area contributed by atoms with E-state index in [9.17, 15) is 0 Å². The Morgan fingerprint density at radius 1 is 1.00 bits per heavy atom. The topological polar surface area (TPSA) is 33.6 Å². The quantitative estimate of drug-likeness (QED) is 0.642. The van der Waals surface area contributed by atoms with Crippen molar-refractivity contribution in [1.29, 1.82) is 0 Å². The van der Waals surface area contributed by atoms with Crippen molar-refractivity contribution >= 4 is 11.9 Å². The second kappa shape index (κ2) is 5.70. The third kappa shape index (κ3) is 3.08. The second-order valence-electron chi connectivity index (χ2n) is 3.48. The number of rotatable bonds is 4. The first kappa shape index (κ1) is 11.2. The van der Waals surface area contributed by atoms with Gasteiger partial charge in [-0.3, -0.25) is 5.43 Å². The molecule has 0 radical (unpaired) electrons. The van der Waals surface area contributed by atoms with Gasteiger partial charge in [0.25, 0.3) is 0 Å². The number of hydrogen-bond donors (Lipinski definition) is 1. The third-order valence-corrected chi connectivity index (χ3v) is 2.31. The molecular formula is C14H14N2O. The van der Waals surface area contributed by atoms with E-state index in [0.29, 0.717) is 0 Å². The van der Waals surface area contributed by atoms with Gasteiger partial charge in [0.15, 0.2) is 0 Å². The number of ether oxygens (including phenoxy) is 1. The van der Waals surface area contributed by atoms with Crippen LogP contribution in [0.3, 0.4) is 0 Å². The van der Waals surface area contributed by atoms with Crippen LogP contribution in [0.5, 0.6) is 5.75 Å². The van der Waals surface area contributed by atoms with E-state index in [4.69, 9.17) is 4.74 Å². The molecule has 2 aromatic carbocycles. The van der Waals surface area contributed by atoms with Crippen LogP contribution in [0.2, 0.25) is 0 Å². The Hall–Kier alpha value is -2.29.